The Morgan fingerprint density at radius 1 is 0.850 bits per heavy atom. The van der Waals surface area contributed by atoms with Gasteiger partial charge in [-0.3, -0.25) is 4.68 Å². The van der Waals surface area contributed by atoms with E-state index < -0.39 is 0 Å². The van der Waals surface area contributed by atoms with Crippen LogP contribution in [0.1, 0.15) is 80.3 Å². The summed E-state index contributed by atoms with van der Waals surface area (Å²) < 4.78 is 2.00. The molecule has 0 aliphatic heterocycles. The van der Waals surface area contributed by atoms with Gasteiger partial charge in [-0.15, -0.1) is 5.10 Å². The maximum atomic E-state index is 4.40. The average Bonchev–Trinajstić information content (AvgIpc) is 2.71. The SMILES string of the molecule is CC(C)(C)CCn1cc(C(C)(C)CCC(C)(C)C)nn1. The molecular formula is C17H33N3. The molecule has 0 spiro atoms. The van der Waals surface area contributed by atoms with Gasteiger partial charge in [-0.25, -0.2) is 0 Å². The summed E-state index contributed by atoms with van der Waals surface area (Å²) in [5.41, 5.74) is 1.94. The maximum Gasteiger partial charge on any atom is 0.0883 e. The maximum absolute atomic E-state index is 4.40. The van der Waals surface area contributed by atoms with Gasteiger partial charge in [0.25, 0.3) is 0 Å². The predicted octanol–water partition coefficient (Wildman–Crippen LogP) is 4.82. The molecule has 0 fully saturated rings. The number of aryl methyl sites for hydroxylation is 1. The molecule has 0 N–H and O–H groups in total. The van der Waals surface area contributed by atoms with E-state index in [0.29, 0.717) is 10.8 Å². The number of hydrogen-bond acceptors (Lipinski definition) is 2. The monoisotopic (exact) mass is 279 g/mol. The van der Waals surface area contributed by atoms with Crippen molar-refractivity contribution in [2.24, 2.45) is 10.8 Å². The zero-order chi connectivity index (χ0) is 15.6. The van der Waals surface area contributed by atoms with Crippen molar-refractivity contribution in [3.8, 4) is 0 Å². The van der Waals surface area contributed by atoms with E-state index in [-0.39, 0.29) is 5.41 Å². The highest BCUT2D eigenvalue weighted by Gasteiger charge is 2.26. The molecule has 0 aliphatic carbocycles. The van der Waals surface area contributed by atoms with E-state index in [1.807, 2.05) is 4.68 Å². The van der Waals surface area contributed by atoms with E-state index in [0.717, 1.165) is 25.1 Å². The van der Waals surface area contributed by atoms with E-state index in [1.54, 1.807) is 0 Å². The molecule has 0 bridgehead atoms. The first-order chi connectivity index (χ1) is 8.89. The molecule has 20 heavy (non-hydrogen) atoms. The van der Waals surface area contributed by atoms with Crippen LogP contribution in [0.5, 0.6) is 0 Å². The van der Waals surface area contributed by atoms with Crippen LogP contribution in [-0.4, -0.2) is 15.0 Å². The molecular weight excluding hydrogens is 246 g/mol. The molecule has 0 atom stereocenters. The molecule has 0 aliphatic rings. The first kappa shape index (κ1) is 17.2. The quantitative estimate of drug-likeness (QED) is 0.773. The highest BCUT2D eigenvalue weighted by molar-refractivity contribution is 5.08. The van der Waals surface area contributed by atoms with E-state index in [2.05, 4.69) is 71.9 Å². The van der Waals surface area contributed by atoms with Crippen molar-refractivity contribution in [3.63, 3.8) is 0 Å². The number of rotatable bonds is 5. The van der Waals surface area contributed by atoms with Crippen LogP contribution in [0.4, 0.5) is 0 Å². The van der Waals surface area contributed by atoms with Crippen LogP contribution in [0, 0.1) is 10.8 Å². The van der Waals surface area contributed by atoms with Crippen molar-refractivity contribution < 1.29 is 0 Å². The lowest BCUT2D eigenvalue weighted by Gasteiger charge is -2.27. The normalized spacial score (nSPS) is 13.8. The second kappa shape index (κ2) is 5.87. The van der Waals surface area contributed by atoms with Gasteiger partial charge in [0.15, 0.2) is 0 Å². The third-order valence-electron chi connectivity index (χ3n) is 3.82. The molecule has 0 radical (unpaired) electrons. The van der Waals surface area contributed by atoms with Crippen LogP contribution in [0.15, 0.2) is 6.20 Å². The van der Waals surface area contributed by atoms with E-state index >= 15 is 0 Å². The zero-order valence-corrected chi connectivity index (χ0v) is 14.7. The molecule has 0 unspecified atom stereocenters. The summed E-state index contributed by atoms with van der Waals surface area (Å²) in [7, 11) is 0. The minimum absolute atomic E-state index is 0.104. The minimum atomic E-state index is 0.104. The summed E-state index contributed by atoms with van der Waals surface area (Å²) in [6.07, 6.45) is 5.61. The van der Waals surface area contributed by atoms with Crippen molar-refractivity contribution in [1.29, 1.82) is 0 Å². The smallest absolute Gasteiger partial charge is 0.0883 e. The number of hydrogen-bond donors (Lipinski definition) is 0. The first-order valence-electron chi connectivity index (χ1n) is 7.80. The van der Waals surface area contributed by atoms with Crippen molar-refractivity contribution >= 4 is 0 Å². The summed E-state index contributed by atoms with van der Waals surface area (Å²) in [6, 6.07) is 0. The Kier molecular flexibility index (Phi) is 5.04. The van der Waals surface area contributed by atoms with Crippen LogP contribution in [0.25, 0.3) is 0 Å². The van der Waals surface area contributed by atoms with Crippen molar-refractivity contribution in [3.05, 3.63) is 11.9 Å². The van der Waals surface area contributed by atoms with Crippen LogP contribution >= 0.6 is 0 Å². The van der Waals surface area contributed by atoms with E-state index in [9.17, 15) is 0 Å². The third-order valence-corrected chi connectivity index (χ3v) is 3.82. The van der Waals surface area contributed by atoms with Gasteiger partial charge < -0.3 is 0 Å². The van der Waals surface area contributed by atoms with Gasteiger partial charge in [-0.2, -0.15) is 0 Å². The molecule has 116 valence electrons. The number of aromatic nitrogens is 3. The van der Waals surface area contributed by atoms with Crippen LogP contribution in [0.3, 0.4) is 0 Å². The molecule has 3 heteroatoms. The summed E-state index contributed by atoms with van der Waals surface area (Å²) >= 11 is 0. The summed E-state index contributed by atoms with van der Waals surface area (Å²) in [5, 5.41) is 8.70. The van der Waals surface area contributed by atoms with Gasteiger partial charge in [0.2, 0.25) is 0 Å². The Bertz CT molecular complexity index is 416. The highest BCUT2D eigenvalue weighted by Crippen LogP contribution is 2.32. The lowest BCUT2D eigenvalue weighted by atomic mass is 9.78. The standard InChI is InChI=1S/C17H33N3/c1-15(2,3)9-10-17(7,8)14-13-20(19-18-14)12-11-16(4,5)6/h13H,9-12H2,1-8H3. The lowest BCUT2D eigenvalue weighted by Crippen LogP contribution is -2.21. The molecule has 1 rings (SSSR count). The van der Waals surface area contributed by atoms with Gasteiger partial charge in [-0.1, -0.05) is 60.6 Å². The van der Waals surface area contributed by atoms with Crippen LogP contribution < -0.4 is 0 Å². The molecule has 1 aromatic heterocycles. The largest absolute Gasteiger partial charge is 0.252 e. The summed E-state index contributed by atoms with van der Waals surface area (Å²) in [6.45, 7) is 19.2. The highest BCUT2D eigenvalue weighted by atomic mass is 15.4. The Morgan fingerprint density at radius 2 is 1.40 bits per heavy atom. The first-order valence-corrected chi connectivity index (χ1v) is 7.80. The van der Waals surface area contributed by atoms with Gasteiger partial charge in [0, 0.05) is 18.2 Å². The van der Waals surface area contributed by atoms with Gasteiger partial charge in [0.1, 0.15) is 0 Å². The van der Waals surface area contributed by atoms with Crippen LogP contribution in [-0.2, 0) is 12.0 Å². The number of nitrogens with zero attached hydrogens (tertiary/aromatic N) is 3. The fraction of sp³-hybridized carbons (Fsp3) is 0.882. The van der Waals surface area contributed by atoms with Gasteiger partial charge in [-0.05, 0) is 30.1 Å². The molecule has 0 aromatic carbocycles. The second-order valence-electron chi connectivity index (χ2n) is 9.12. The van der Waals surface area contributed by atoms with Gasteiger partial charge in [0.05, 0.1) is 5.69 Å². The summed E-state index contributed by atoms with van der Waals surface area (Å²) in [5.74, 6) is 0. The Hall–Kier alpha value is -0.860. The molecule has 1 heterocycles. The second-order valence-corrected chi connectivity index (χ2v) is 9.12. The Morgan fingerprint density at radius 3 is 1.90 bits per heavy atom. The zero-order valence-electron chi connectivity index (χ0n) is 14.7. The van der Waals surface area contributed by atoms with Crippen molar-refractivity contribution in [1.82, 2.24) is 15.0 Å². The lowest BCUT2D eigenvalue weighted by molar-refractivity contribution is 0.311. The van der Waals surface area contributed by atoms with Crippen molar-refractivity contribution in [2.45, 2.75) is 86.6 Å². The fourth-order valence-electron chi connectivity index (χ4n) is 1.98. The Labute approximate surface area is 125 Å². The molecule has 3 nitrogen and oxygen atoms in total. The fourth-order valence-corrected chi connectivity index (χ4v) is 1.98. The summed E-state index contributed by atoms with van der Waals surface area (Å²) in [4.78, 5) is 0. The third kappa shape index (κ3) is 6.06. The molecule has 1 aromatic rings. The predicted molar refractivity (Wildman–Crippen MR) is 85.8 cm³/mol. The van der Waals surface area contributed by atoms with E-state index in [4.69, 9.17) is 0 Å². The minimum Gasteiger partial charge on any atom is -0.252 e. The molecule has 0 amide bonds. The topological polar surface area (TPSA) is 30.7 Å². The van der Waals surface area contributed by atoms with Crippen LogP contribution in [0.2, 0.25) is 0 Å². The Balaban J connectivity index is 2.65. The average molecular weight is 279 g/mol. The van der Waals surface area contributed by atoms with Gasteiger partial charge >= 0.3 is 0 Å². The van der Waals surface area contributed by atoms with Crippen molar-refractivity contribution in [2.75, 3.05) is 0 Å². The van der Waals surface area contributed by atoms with E-state index in [1.165, 1.54) is 6.42 Å². The molecule has 0 saturated carbocycles. The molecule has 0 saturated heterocycles.